The number of carbonyl (C=O) groups excluding carboxylic acids is 2. The molecule has 0 spiro atoms. The van der Waals surface area contributed by atoms with Crippen molar-refractivity contribution in [2.45, 2.75) is 50.2 Å². The number of para-hydroxylation sites is 1. The lowest BCUT2D eigenvalue weighted by atomic mass is 10.0. The number of nitrogens with zero attached hydrogens (tertiary/aromatic N) is 2. The number of amides is 2. The molecule has 236 valence electrons. The third kappa shape index (κ3) is 8.79. The molecule has 0 fully saturated rings. The van der Waals surface area contributed by atoms with Crippen molar-refractivity contribution < 1.29 is 18.0 Å². The molecule has 0 heterocycles. The number of halogens is 3. The van der Waals surface area contributed by atoms with Crippen molar-refractivity contribution in [3.63, 3.8) is 0 Å². The van der Waals surface area contributed by atoms with Crippen LogP contribution in [0.25, 0.3) is 0 Å². The van der Waals surface area contributed by atoms with Crippen molar-refractivity contribution in [2.24, 2.45) is 0 Å². The zero-order valence-corrected chi connectivity index (χ0v) is 28.0. The second-order valence-electron chi connectivity index (χ2n) is 10.6. The number of hydrogen-bond donors (Lipinski definition) is 1. The molecule has 2 amide bonds. The van der Waals surface area contributed by atoms with E-state index in [1.54, 1.807) is 54.6 Å². The molecule has 0 aromatic heterocycles. The SMILES string of the molecule is CC[C@H](C)NC(=O)[C@@H](Cc1ccccc1)N(Cc1ccc(Cl)cc1Cl)C(=O)CN(c1ccccc1Cl)S(=O)(=O)c1ccccc1. The summed E-state index contributed by atoms with van der Waals surface area (Å²) >= 11 is 19.2. The molecular weight excluding hydrogens is 653 g/mol. The topological polar surface area (TPSA) is 86.8 Å². The average Bonchev–Trinajstić information content (AvgIpc) is 3.03. The van der Waals surface area contributed by atoms with Crippen molar-refractivity contribution >= 4 is 62.3 Å². The fourth-order valence-electron chi connectivity index (χ4n) is 4.72. The molecule has 4 rings (SSSR count). The second-order valence-corrected chi connectivity index (χ2v) is 13.7. The molecular formula is C34H34Cl3N3O4S. The third-order valence-corrected chi connectivity index (χ3v) is 10.0. The normalized spacial score (nSPS) is 12.6. The smallest absolute Gasteiger partial charge is 0.264 e. The van der Waals surface area contributed by atoms with E-state index in [0.717, 1.165) is 9.87 Å². The van der Waals surface area contributed by atoms with Gasteiger partial charge in [0.25, 0.3) is 10.0 Å². The van der Waals surface area contributed by atoms with Crippen molar-refractivity contribution in [2.75, 3.05) is 10.8 Å². The fraction of sp³-hybridized carbons (Fsp3) is 0.235. The maximum absolute atomic E-state index is 14.5. The summed E-state index contributed by atoms with van der Waals surface area (Å²) < 4.78 is 29.1. The highest BCUT2D eigenvalue weighted by Gasteiger charge is 2.35. The van der Waals surface area contributed by atoms with Crippen LogP contribution in [-0.4, -0.2) is 43.8 Å². The Kier molecular flexibility index (Phi) is 11.9. The zero-order chi connectivity index (χ0) is 32.6. The summed E-state index contributed by atoms with van der Waals surface area (Å²) in [5, 5.41) is 3.87. The minimum atomic E-state index is -4.26. The van der Waals surface area contributed by atoms with Gasteiger partial charge in [-0.2, -0.15) is 0 Å². The third-order valence-electron chi connectivity index (χ3n) is 7.36. The summed E-state index contributed by atoms with van der Waals surface area (Å²) in [6.07, 6.45) is 0.855. The van der Waals surface area contributed by atoms with Gasteiger partial charge in [0.2, 0.25) is 11.8 Å². The van der Waals surface area contributed by atoms with Gasteiger partial charge >= 0.3 is 0 Å². The molecule has 0 aliphatic rings. The maximum Gasteiger partial charge on any atom is 0.264 e. The Labute approximate surface area is 279 Å². The molecule has 0 bridgehead atoms. The number of hydrogen-bond acceptors (Lipinski definition) is 4. The summed E-state index contributed by atoms with van der Waals surface area (Å²) in [7, 11) is -4.26. The largest absolute Gasteiger partial charge is 0.352 e. The first-order valence-corrected chi connectivity index (χ1v) is 17.0. The van der Waals surface area contributed by atoms with Crippen LogP contribution in [-0.2, 0) is 32.6 Å². The van der Waals surface area contributed by atoms with Crippen molar-refractivity contribution in [3.8, 4) is 0 Å². The van der Waals surface area contributed by atoms with Gasteiger partial charge in [-0.1, -0.05) is 108 Å². The minimum absolute atomic E-state index is 0.0136. The van der Waals surface area contributed by atoms with Crippen LogP contribution < -0.4 is 9.62 Å². The van der Waals surface area contributed by atoms with Gasteiger partial charge in [0.15, 0.2) is 0 Å². The molecule has 0 radical (unpaired) electrons. The van der Waals surface area contributed by atoms with Crippen LogP contribution in [0.15, 0.2) is 108 Å². The Bertz CT molecular complexity index is 1720. The Morgan fingerprint density at radius 3 is 2.07 bits per heavy atom. The molecule has 0 saturated carbocycles. The number of carbonyl (C=O) groups is 2. The van der Waals surface area contributed by atoms with Crippen molar-refractivity contribution in [1.82, 2.24) is 10.2 Å². The molecule has 1 N–H and O–H groups in total. The summed E-state index contributed by atoms with van der Waals surface area (Å²) in [5.41, 5.74) is 1.49. The predicted octanol–water partition coefficient (Wildman–Crippen LogP) is 7.40. The Balaban J connectivity index is 1.83. The first kappa shape index (κ1) is 34.3. The van der Waals surface area contributed by atoms with Crippen LogP contribution in [0.3, 0.4) is 0 Å². The highest BCUT2D eigenvalue weighted by molar-refractivity contribution is 7.92. The van der Waals surface area contributed by atoms with Gasteiger partial charge in [0.1, 0.15) is 12.6 Å². The number of nitrogens with one attached hydrogen (secondary N) is 1. The van der Waals surface area contributed by atoms with Gasteiger partial charge in [0, 0.05) is 29.1 Å². The van der Waals surface area contributed by atoms with Gasteiger partial charge in [-0.3, -0.25) is 13.9 Å². The van der Waals surface area contributed by atoms with Gasteiger partial charge < -0.3 is 10.2 Å². The number of rotatable bonds is 13. The minimum Gasteiger partial charge on any atom is -0.352 e. The number of anilines is 1. The molecule has 0 aliphatic heterocycles. The lowest BCUT2D eigenvalue weighted by Gasteiger charge is -2.34. The quantitative estimate of drug-likeness (QED) is 0.159. The van der Waals surface area contributed by atoms with Crippen LogP contribution in [0.1, 0.15) is 31.4 Å². The molecule has 2 atom stereocenters. The molecule has 0 unspecified atom stereocenters. The van der Waals surface area contributed by atoms with Gasteiger partial charge in [0.05, 0.1) is 15.6 Å². The van der Waals surface area contributed by atoms with Gasteiger partial charge in [-0.05, 0) is 60.9 Å². The summed E-state index contributed by atoms with van der Waals surface area (Å²) in [4.78, 5) is 29.8. The zero-order valence-electron chi connectivity index (χ0n) is 24.9. The summed E-state index contributed by atoms with van der Waals surface area (Å²) in [6.45, 7) is 3.12. The summed E-state index contributed by atoms with van der Waals surface area (Å²) in [5.74, 6) is -0.998. The molecule has 11 heteroatoms. The molecule has 0 aliphatic carbocycles. The van der Waals surface area contributed by atoms with E-state index in [1.165, 1.54) is 23.1 Å². The van der Waals surface area contributed by atoms with Crippen molar-refractivity contribution in [1.29, 1.82) is 0 Å². The lowest BCUT2D eigenvalue weighted by Crippen LogP contribution is -2.54. The Morgan fingerprint density at radius 1 is 0.822 bits per heavy atom. The van der Waals surface area contributed by atoms with E-state index in [4.69, 9.17) is 34.8 Å². The van der Waals surface area contributed by atoms with Gasteiger partial charge in [-0.15, -0.1) is 0 Å². The predicted molar refractivity (Wildman–Crippen MR) is 181 cm³/mol. The molecule has 0 saturated heterocycles. The first-order chi connectivity index (χ1) is 21.5. The van der Waals surface area contributed by atoms with E-state index in [1.807, 2.05) is 44.2 Å². The van der Waals surface area contributed by atoms with Crippen LogP contribution in [0.5, 0.6) is 0 Å². The van der Waals surface area contributed by atoms with E-state index in [0.29, 0.717) is 22.0 Å². The highest BCUT2D eigenvalue weighted by Crippen LogP contribution is 2.31. The number of benzene rings is 4. The van der Waals surface area contributed by atoms with Crippen LogP contribution in [0.2, 0.25) is 15.1 Å². The highest BCUT2D eigenvalue weighted by atomic mass is 35.5. The van der Waals surface area contributed by atoms with E-state index in [-0.39, 0.29) is 40.5 Å². The average molecular weight is 687 g/mol. The van der Waals surface area contributed by atoms with E-state index < -0.39 is 28.5 Å². The summed E-state index contributed by atoms with van der Waals surface area (Å²) in [6, 6.07) is 27.2. The monoisotopic (exact) mass is 685 g/mol. The van der Waals surface area contributed by atoms with Crippen LogP contribution in [0, 0.1) is 0 Å². The van der Waals surface area contributed by atoms with Gasteiger partial charge in [-0.25, -0.2) is 8.42 Å². The van der Waals surface area contributed by atoms with Crippen LogP contribution in [0.4, 0.5) is 5.69 Å². The maximum atomic E-state index is 14.5. The molecule has 7 nitrogen and oxygen atoms in total. The van der Waals surface area contributed by atoms with E-state index in [2.05, 4.69) is 5.32 Å². The first-order valence-electron chi connectivity index (χ1n) is 14.4. The Hall–Kier alpha value is -3.56. The lowest BCUT2D eigenvalue weighted by molar-refractivity contribution is -0.140. The Morgan fingerprint density at radius 2 is 1.44 bits per heavy atom. The molecule has 45 heavy (non-hydrogen) atoms. The van der Waals surface area contributed by atoms with Crippen molar-refractivity contribution in [3.05, 3.63) is 129 Å². The standard InChI is InChI=1S/C34H34Cl3N3O4S/c1-3-24(2)38-34(42)32(20-25-12-6-4-7-13-25)39(22-26-18-19-27(35)21-30(26)37)33(41)23-40(31-17-11-10-16-29(31)36)45(43,44)28-14-8-5-9-15-28/h4-19,21,24,32H,3,20,22-23H2,1-2H3,(H,38,42)/t24-,32+/m0/s1. The second kappa shape index (κ2) is 15.6. The van der Waals surface area contributed by atoms with E-state index in [9.17, 15) is 18.0 Å². The van der Waals surface area contributed by atoms with Crippen LogP contribution >= 0.6 is 34.8 Å². The molecule has 4 aromatic rings. The fourth-order valence-corrected chi connectivity index (χ4v) is 6.93. The molecule has 4 aromatic carbocycles. The number of sulfonamides is 1. The van der Waals surface area contributed by atoms with E-state index >= 15 is 0 Å².